The minimum atomic E-state index is -0.216. The van der Waals surface area contributed by atoms with Gasteiger partial charge in [-0.25, -0.2) is 4.98 Å². The minimum Gasteiger partial charge on any atom is -0.474 e. The first-order valence-corrected chi connectivity index (χ1v) is 14.2. The number of rotatable bonds is 8. The largest absolute Gasteiger partial charge is 0.474 e. The number of amides is 1. The van der Waals surface area contributed by atoms with Crippen molar-refractivity contribution in [2.45, 2.75) is 38.2 Å². The SMILES string of the molecule is CC(Oc1ccc(Cl)cn1)C1CN(C(=O)c2ccc(CCN3CCCC3)nc2)CC1c1ccc(Cl)c(Cl)c1. The van der Waals surface area contributed by atoms with Gasteiger partial charge in [0.05, 0.1) is 20.6 Å². The number of hydrogen-bond donors (Lipinski definition) is 0. The molecule has 3 aromatic rings. The third kappa shape index (κ3) is 6.42. The molecule has 3 atom stereocenters. The van der Waals surface area contributed by atoms with E-state index < -0.39 is 0 Å². The van der Waals surface area contributed by atoms with Crippen LogP contribution in [0.3, 0.4) is 0 Å². The summed E-state index contributed by atoms with van der Waals surface area (Å²) in [5.41, 5.74) is 2.63. The molecule has 200 valence electrons. The van der Waals surface area contributed by atoms with Gasteiger partial charge in [-0.1, -0.05) is 40.9 Å². The molecular weight excluding hydrogens is 543 g/mol. The number of likely N-dealkylation sites (tertiary alicyclic amines) is 2. The molecule has 0 N–H and O–H groups in total. The molecular formula is C29H31Cl3N4O2. The van der Waals surface area contributed by atoms with Crippen LogP contribution in [0.2, 0.25) is 15.1 Å². The Morgan fingerprint density at radius 3 is 2.50 bits per heavy atom. The van der Waals surface area contributed by atoms with Gasteiger partial charge in [0.25, 0.3) is 5.91 Å². The van der Waals surface area contributed by atoms with E-state index in [1.165, 1.54) is 25.9 Å². The van der Waals surface area contributed by atoms with Gasteiger partial charge in [-0.2, -0.15) is 0 Å². The summed E-state index contributed by atoms with van der Waals surface area (Å²) in [6.07, 6.45) is 6.51. The van der Waals surface area contributed by atoms with Crippen LogP contribution in [0.4, 0.5) is 0 Å². The summed E-state index contributed by atoms with van der Waals surface area (Å²) >= 11 is 18.5. The van der Waals surface area contributed by atoms with Crippen molar-refractivity contribution in [2.75, 3.05) is 32.7 Å². The van der Waals surface area contributed by atoms with Crippen LogP contribution >= 0.6 is 34.8 Å². The fourth-order valence-electron chi connectivity index (χ4n) is 5.44. The lowest BCUT2D eigenvalue weighted by atomic mass is 9.86. The molecule has 0 spiro atoms. The van der Waals surface area contributed by atoms with Crippen molar-refractivity contribution < 1.29 is 9.53 Å². The molecule has 2 fully saturated rings. The quantitative estimate of drug-likeness (QED) is 0.312. The molecule has 2 aromatic heterocycles. The standard InChI is InChI=1S/C29H31Cl3N4O2/c1-19(38-28-9-6-22(30)16-34-28)24-17-36(18-25(24)20-5-8-26(31)27(32)14-20)29(37)21-4-7-23(33-15-21)10-13-35-11-2-3-12-35/h4-9,14-16,19,24-25H,2-3,10-13,17-18H2,1H3. The van der Waals surface area contributed by atoms with Gasteiger partial charge in [0, 0.05) is 62.0 Å². The number of ether oxygens (including phenoxy) is 1. The highest BCUT2D eigenvalue weighted by Crippen LogP contribution is 2.38. The molecule has 1 aromatic carbocycles. The molecule has 2 aliphatic rings. The van der Waals surface area contributed by atoms with Crippen LogP contribution in [-0.2, 0) is 6.42 Å². The molecule has 38 heavy (non-hydrogen) atoms. The van der Waals surface area contributed by atoms with Gasteiger partial charge in [-0.3, -0.25) is 9.78 Å². The molecule has 5 rings (SSSR count). The van der Waals surface area contributed by atoms with Gasteiger partial charge in [0.1, 0.15) is 6.10 Å². The molecule has 4 heterocycles. The first-order valence-electron chi connectivity index (χ1n) is 13.1. The summed E-state index contributed by atoms with van der Waals surface area (Å²) in [4.78, 5) is 26.8. The van der Waals surface area contributed by atoms with Gasteiger partial charge in [-0.05, 0) is 68.8 Å². The van der Waals surface area contributed by atoms with E-state index in [1.54, 1.807) is 30.6 Å². The average Bonchev–Trinajstić information content (AvgIpc) is 3.61. The molecule has 0 saturated carbocycles. The second-order valence-corrected chi connectivity index (χ2v) is 11.4. The van der Waals surface area contributed by atoms with Crippen molar-refractivity contribution in [1.29, 1.82) is 0 Å². The zero-order valence-corrected chi connectivity index (χ0v) is 23.6. The number of carbonyl (C=O) groups excluding carboxylic acids is 1. The fraction of sp³-hybridized carbons (Fsp3) is 0.414. The van der Waals surface area contributed by atoms with E-state index in [-0.39, 0.29) is 23.8 Å². The first-order chi connectivity index (χ1) is 18.4. The molecule has 0 bridgehead atoms. The molecule has 1 amide bonds. The van der Waals surface area contributed by atoms with Crippen molar-refractivity contribution in [1.82, 2.24) is 19.8 Å². The Kier molecular flexibility index (Phi) is 8.74. The molecule has 3 unspecified atom stereocenters. The van der Waals surface area contributed by atoms with Crippen LogP contribution in [-0.4, -0.2) is 64.5 Å². The number of nitrogens with zero attached hydrogens (tertiary/aromatic N) is 4. The van der Waals surface area contributed by atoms with Gasteiger partial charge in [0.2, 0.25) is 5.88 Å². The Morgan fingerprint density at radius 2 is 1.82 bits per heavy atom. The van der Waals surface area contributed by atoms with Crippen LogP contribution in [0.25, 0.3) is 0 Å². The van der Waals surface area contributed by atoms with Gasteiger partial charge >= 0.3 is 0 Å². The summed E-state index contributed by atoms with van der Waals surface area (Å²) in [7, 11) is 0. The van der Waals surface area contributed by atoms with E-state index in [1.807, 2.05) is 36.1 Å². The lowest BCUT2D eigenvalue weighted by molar-refractivity contribution is 0.0769. The number of pyridine rings is 2. The van der Waals surface area contributed by atoms with Crippen LogP contribution in [0, 0.1) is 5.92 Å². The zero-order chi connectivity index (χ0) is 26.6. The van der Waals surface area contributed by atoms with Crippen LogP contribution in [0.1, 0.15) is 47.3 Å². The Bertz CT molecular complexity index is 1250. The minimum absolute atomic E-state index is 0.0152. The van der Waals surface area contributed by atoms with Crippen molar-refractivity contribution >= 4 is 40.7 Å². The maximum Gasteiger partial charge on any atom is 0.255 e. The first kappa shape index (κ1) is 27.2. The average molecular weight is 574 g/mol. The van der Waals surface area contributed by atoms with Gasteiger partial charge < -0.3 is 14.5 Å². The summed E-state index contributed by atoms with van der Waals surface area (Å²) in [5, 5.41) is 1.55. The van der Waals surface area contributed by atoms with E-state index >= 15 is 0 Å². The summed E-state index contributed by atoms with van der Waals surface area (Å²) in [5.74, 6) is 0.492. The zero-order valence-electron chi connectivity index (χ0n) is 21.3. The topological polar surface area (TPSA) is 58.6 Å². The fourth-order valence-corrected chi connectivity index (χ4v) is 5.85. The van der Waals surface area contributed by atoms with Crippen LogP contribution in [0.15, 0.2) is 54.9 Å². The van der Waals surface area contributed by atoms with Crippen molar-refractivity contribution in [3.05, 3.63) is 86.7 Å². The number of halogens is 3. The highest BCUT2D eigenvalue weighted by molar-refractivity contribution is 6.42. The third-order valence-corrected chi connectivity index (χ3v) is 8.55. The molecule has 2 aliphatic heterocycles. The maximum absolute atomic E-state index is 13.5. The summed E-state index contributed by atoms with van der Waals surface area (Å²) in [6, 6.07) is 13.0. The van der Waals surface area contributed by atoms with Crippen molar-refractivity contribution in [3.8, 4) is 5.88 Å². The second kappa shape index (κ2) is 12.2. The van der Waals surface area contributed by atoms with Crippen molar-refractivity contribution in [2.24, 2.45) is 5.92 Å². The smallest absolute Gasteiger partial charge is 0.255 e. The lowest BCUT2D eigenvalue weighted by Crippen LogP contribution is -2.32. The summed E-state index contributed by atoms with van der Waals surface area (Å²) in [6.45, 7) is 6.44. The number of benzene rings is 1. The molecule has 0 aliphatic carbocycles. The lowest BCUT2D eigenvalue weighted by Gasteiger charge is -2.25. The molecule has 0 radical (unpaired) electrons. The predicted molar refractivity (Wildman–Crippen MR) is 152 cm³/mol. The maximum atomic E-state index is 13.5. The Balaban J connectivity index is 1.31. The van der Waals surface area contributed by atoms with Crippen LogP contribution in [0.5, 0.6) is 5.88 Å². The van der Waals surface area contributed by atoms with E-state index in [9.17, 15) is 4.79 Å². The monoisotopic (exact) mass is 572 g/mol. The predicted octanol–water partition coefficient (Wildman–Crippen LogP) is 6.40. The Hall–Kier alpha value is -2.38. The van der Waals surface area contributed by atoms with Crippen LogP contribution < -0.4 is 4.74 Å². The number of carbonyl (C=O) groups is 1. The molecule has 2 saturated heterocycles. The van der Waals surface area contributed by atoms with Gasteiger partial charge in [-0.15, -0.1) is 0 Å². The normalized spacial score (nSPS) is 20.6. The molecule has 6 nitrogen and oxygen atoms in total. The van der Waals surface area contributed by atoms with E-state index in [0.29, 0.717) is 39.6 Å². The van der Waals surface area contributed by atoms with Gasteiger partial charge in [0.15, 0.2) is 0 Å². The summed E-state index contributed by atoms with van der Waals surface area (Å²) < 4.78 is 6.19. The molecule has 9 heteroatoms. The van der Waals surface area contributed by atoms with E-state index in [2.05, 4.69) is 14.9 Å². The van der Waals surface area contributed by atoms with E-state index in [4.69, 9.17) is 39.5 Å². The Morgan fingerprint density at radius 1 is 1.00 bits per heavy atom. The third-order valence-electron chi connectivity index (χ3n) is 7.59. The number of aromatic nitrogens is 2. The Labute approximate surface area is 238 Å². The highest BCUT2D eigenvalue weighted by atomic mass is 35.5. The van der Waals surface area contributed by atoms with Crippen molar-refractivity contribution in [3.63, 3.8) is 0 Å². The van der Waals surface area contributed by atoms with E-state index in [0.717, 1.165) is 24.2 Å². The highest BCUT2D eigenvalue weighted by Gasteiger charge is 2.40. The second-order valence-electron chi connectivity index (χ2n) is 10.1. The number of hydrogen-bond acceptors (Lipinski definition) is 5.